The maximum atomic E-state index is 5.52. The smallest absolute Gasteiger partial charge is 0.101 e. The first-order chi connectivity index (χ1) is 10.3. The summed E-state index contributed by atoms with van der Waals surface area (Å²) in [7, 11) is 0. The van der Waals surface area contributed by atoms with Crippen molar-refractivity contribution in [3.63, 3.8) is 0 Å². The lowest BCUT2D eigenvalue weighted by molar-refractivity contribution is 0.523. The van der Waals surface area contributed by atoms with Crippen molar-refractivity contribution in [2.75, 3.05) is 6.54 Å². The van der Waals surface area contributed by atoms with Gasteiger partial charge in [-0.1, -0.05) is 25.1 Å². The van der Waals surface area contributed by atoms with Crippen LogP contribution < -0.4 is 5.32 Å². The van der Waals surface area contributed by atoms with Crippen molar-refractivity contribution in [3.8, 4) is 0 Å². The quantitative estimate of drug-likeness (QED) is 0.870. The van der Waals surface area contributed by atoms with Crippen LogP contribution in [0, 0.1) is 6.92 Å². The van der Waals surface area contributed by atoms with Crippen molar-refractivity contribution in [1.29, 1.82) is 0 Å². The molecule has 1 aromatic carbocycles. The van der Waals surface area contributed by atoms with E-state index in [0.717, 1.165) is 18.7 Å². The molecule has 1 aliphatic carbocycles. The van der Waals surface area contributed by atoms with Crippen LogP contribution in [-0.4, -0.2) is 6.54 Å². The van der Waals surface area contributed by atoms with Crippen molar-refractivity contribution in [1.82, 2.24) is 5.32 Å². The summed E-state index contributed by atoms with van der Waals surface area (Å²) in [6, 6.07) is 9.42. The number of furan rings is 1. The first-order valence-corrected chi connectivity index (χ1v) is 8.18. The highest BCUT2D eigenvalue weighted by Crippen LogP contribution is 2.29. The zero-order valence-electron chi connectivity index (χ0n) is 13.1. The number of benzene rings is 1. The van der Waals surface area contributed by atoms with Crippen LogP contribution in [0.3, 0.4) is 0 Å². The molecule has 1 aromatic heterocycles. The normalized spacial score (nSPS) is 15.7. The summed E-state index contributed by atoms with van der Waals surface area (Å²) < 4.78 is 5.52. The Morgan fingerprint density at radius 1 is 1.10 bits per heavy atom. The molecule has 0 aliphatic heterocycles. The van der Waals surface area contributed by atoms with Crippen molar-refractivity contribution >= 4 is 0 Å². The molecule has 2 heteroatoms. The van der Waals surface area contributed by atoms with Gasteiger partial charge >= 0.3 is 0 Å². The topological polar surface area (TPSA) is 25.2 Å². The zero-order chi connectivity index (χ0) is 14.7. The summed E-state index contributed by atoms with van der Waals surface area (Å²) >= 11 is 0. The molecule has 0 spiro atoms. The van der Waals surface area contributed by atoms with Gasteiger partial charge in [0, 0.05) is 5.56 Å². The largest absolute Gasteiger partial charge is 0.469 e. The lowest BCUT2D eigenvalue weighted by Gasteiger charge is -2.22. The molecule has 0 fully saturated rings. The number of aryl methyl sites for hydroxylation is 3. The summed E-state index contributed by atoms with van der Waals surface area (Å²) in [5.41, 5.74) is 5.69. The van der Waals surface area contributed by atoms with E-state index >= 15 is 0 Å². The molecule has 112 valence electrons. The van der Waals surface area contributed by atoms with E-state index in [9.17, 15) is 0 Å². The molecule has 0 bridgehead atoms. The Hall–Kier alpha value is -1.54. The third kappa shape index (κ3) is 3.21. The van der Waals surface area contributed by atoms with Gasteiger partial charge in [0.15, 0.2) is 0 Å². The van der Waals surface area contributed by atoms with E-state index in [1.807, 2.05) is 13.2 Å². The second-order valence-corrected chi connectivity index (χ2v) is 6.11. The lowest BCUT2D eigenvalue weighted by Crippen LogP contribution is -2.23. The predicted molar refractivity (Wildman–Crippen MR) is 86.7 cm³/mol. The van der Waals surface area contributed by atoms with Crippen LogP contribution in [0.15, 0.2) is 34.9 Å². The monoisotopic (exact) mass is 283 g/mol. The van der Waals surface area contributed by atoms with Crippen molar-refractivity contribution in [2.24, 2.45) is 0 Å². The van der Waals surface area contributed by atoms with Gasteiger partial charge in [-0.25, -0.2) is 0 Å². The van der Waals surface area contributed by atoms with E-state index in [0.29, 0.717) is 0 Å². The summed E-state index contributed by atoms with van der Waals surface area (Å²) in [6.07, 6.45) is 8.17. The average Bonchev–Trinajstić information content (AvgIpc) is 2.94. The predicted octanol–water partition coefficient (Wildman–Crippen LogP) is 4.56. The van der Waals surface area contributed by atoms with Gasteiger partial charge in [0.05, 0.1) is 12.3 Å². The molecule has 1 aliphatic rings. The van der Waals surface area contributed by atoms with E-state index in [4.69, 9.17) is 4.42 Å². The van der Waals surface area contributed by atoms with Gasteiger partial charge in [-0.2, -0.15) is 0 Å². The maximum absolute atomic E-state index is 5.52. The van der Waals surface area contributed by atoms with Crippen LogP contribution in [0.5, 0.6) is 0 Å². The van der Waals surface area contributed by atoms with E-state index in [-0.39, 0.29) is 6.04 Å². The molecule has 3 rings (SSSR count). The number of hydrogen-bond acceptors (Lipinski definition) is 2. The van der Waals surface area contributed by atoms with Crippen molar-refractivity contribution in [3.05, 3.63) is 58.5 Å². The summed E-state index contributed by atoms with van der Waals surface area (Å²) in [4.78, 5) is 0. The Balaban J connectivity index is 1.92. The van der Waals surface area contributed by atoms with Gasteiger partial charge < -0.3 is 9.73 Å². The minimum atomic E-state index is 0.245. The van der Waals surface area contributed by atoms with Crippen LogP contribution in [0.4, 0.5) is 0 Å². The Labute approximate surface area is 127 Å². The Morgan fingerprint density at radius 3 is 2.62 bits per heavy atom. The Kier molecular flexibility index (Phi) is 4.45. The van der Waals surface area contributed by atoms with Gasteiger partial charge in [-0.05, 0) is 68.3 Å². The average molecular weight is 283 g/mol. The fourth-order valence-electron chi connectivity index (χ4n) is 3.26. The van der Waals surface area contributed by atoms with E-state index < -0.39 is 0 Å². The SMILES string of the molecule is CCCNC(c1coc(C)c1)c1ccc2c(c1)CCCC2. The van der Waals surface area contributed by atoms with Gasteiger partial charge in [-0.3, -0.25) is 0 Å². The van der Waals surface area contributed by atoms with E-state index in [1.54, 1.807) is 11.1 Å². The van der Waals surface area contributed by atoms with Crippen LogP contribution in [0.2, 0.25) is 0 Å². The van der Waals surface area contributed by atoms with Crippen LogP contribution in [0.1, 0.15) is 60.2 Å². The minimum absolute atomic E-state index is 0.245. The zero-order valence-corrected chi connectivity index (χ0v) is 13.1. The molecule has 1 heterocycles. The second-order valence-electron chi connectivity index (χ2n) is 6.11. The molecular weight excluding hydrogens is 258 g/mol. The van der Waals surface area contributed by atoms with Gasteiger partial charge in [0.25, 0.3) is 0 Å². The molecule has 2 aromatic rings. The number of rotatable bonds is 5. The van der Waals surface area contributed by atoms with Gasteiger partial charge in [0.1, 0.15) is 5.76 Å². The second kappa shape index (κ2) is 6.48. The minimum Gasteiger partial charge on any atom is -0.469 e. The highest BCUT2D eigenvalue weighted by atomic mass is 16.3. The van der Waals surface area contributed by atoms with Crippen molar-refractivity contribution < 1.29 is 4.42 Å². The maximum Gasteiger partial charge on any atom is 0.101 e. The molecule has 0 amide bonds. The lowest BCUT2D eigenvalue weighted by atomic mass is 9.88. The number of nitrogens with one attached hydrogen (secondary N) is 1. The van der Waals surface area contributed by atoms with Crippen molar-refractivity contribution in [2.45, 2.75) is 52.0 Å². The van der Waals surface area contributed by atoms with Crippen LogP contribution >= 0.6 is 0 Å². The molecular formula is C19H25NO. The number of hydrogen-bond donors (Lipinski definition) is 1. The first-order valence-electron chi connectivity index (χ1n) is 8.18. The number of fused-ring (bicyclic) bond motifs is 1. The summed E-state index contributed by atoms with van der Waals surface area (Å²) in [5.74, 6) is 0.978. The Morgan fingerprint density at radius 2 is 1.90 bits per heavy atom. The molecule has 0 saturated heterocycles. The third-order valence-corrected chi connectivity index (χ3v) is 4.39. The Bertz CT molecular complexity index is 599. The van der Waals surface area contributed by atoms with E-state index in [1.165, 1.54) is 36.8 Å². The standard InChI is InChI=1S/C19H25NO/c1-3-10-20-19(18-11-14(2)21-13-18)17-9-8-15-6-4-5-7-16(15)12-17/h8-9,11-13,19-20H,3-7,10H2,1-2H3. The van der Waals surface area contributed by atoms with Gasteiger partial charge in [0.2, 0.25) is 0 Å². The molecule has 2 nitrogen and oxygen atoms in total. The molecule has 0 saturated carbocycles. The molecule has 21 heavy (non-hydrogen) atoms. The van der Waals surface area contributed by atoms with Crippen LogP contribution in [0.25, 0.3) is 0 Å². The molecule has 1 N–H and O–H groups in total. The fourth-order valence-corrected chi connectivity index (χ4v) is 3.26. The molecule has 1 atom stereocenters. The van der Waals surface area contributed by atoms with Crippen LogP contribution in [-0.2, 0) is 12.8 Å². The first kappa shape index (κ1) is 14.4. The van der Waals surface area contributed by atoms with E-state index in [2.05, 4.69) is 36.5 Å². The molecule has 0 radical (unpaired) electrons. The highest BCUT2D eigenvalue weighted by molar-refractivity contribution is 5.39. The highest BCUT2D eigenvalue weighted by Gasteiger charge is 2.18. The van der Waals surface area contributed by atoms with Gasteiger partial charge in [-0.15, -0.1) is 0 Å². The summed E-state index contributed by atoms with van der Waals surface area (Å²) in [5, 5.41) is 3.66. The third-order valence-electron chi connectivity index (χ3n) is 4.39. The summed E-state index contributed by atoms with van der Waals surface area (Å²) in [6.45, 7) is 5.23. The fraction of sp³-hybridized carbons (Fsp3) is 0.474. The molecule has 1 unspecified atom stereocenters.